The molecular weight excluding hydrogens is 186 g/mol. The lowest BCUT2D eigenvalue weighted by Gasteiger charge is -2.02. The minimum absolute atomic E-state index is 0.226. The number of hydrogen-bond acceptors (Lipinski definition) is 3. The van der Waals surface area contributed by atoms with Crippen LogP contribution in [0.25, 0.3) is 0 Å². The third-order valence-corrected chi connectivity index (χ3v) is 1.79. The summed E-state index contributed by atoms with van der Waals surface area (Å²) in [6.45, 7) is 1.52. The van der Waals surface area contributed by atoms with Crippen LogP contribution >= 0.6 is 0 Å². The van der Waals surface area contributed by atoms with Crippen LogP contribution in [0.3, 0.4) is 0 Å². The van der Waals surface area contributed by atoms with Gasteiger partial charge < -0.3 is 10.4 Å². The number of hydrogen-bond donors (Lipinski definition) is 2. The summed E-state index contributed by atoms with van der Waals surface area (Å²) in [4.78, 5) is 21.6. The van der Waals surface area contributed by atoms with E-state index in [1.165, 1.54) is 4.68 Å². The van der Waals surface area contributed by atoms with Gasteiger partial charge in [-0.15, -0.1) is 0 Å². The summed E-state index contributed by atoms with van der Waals surface area (Å²) in [5, 5.41) is 14.2. The lowest BCUT2D eigenvalue weighted by Crippen LogP contribution is -2.29. The first-order chi connectivity index (χ1) is 6.52. The molecule has 0 aromatic carbocycles. The van der Waals surface area contributed by atoms with Gasteiger partial charge in [-0.25, -0.2) is 4.79 Å². The number of carboxylic acid groups (broad SMARTS) is 1. The zero-order valence-electron chi connectivity index (χ0n) is 7.94. The van der Waals surface area contributed by atoms with Gasteiger partial charge in [-0.05, 0) is 12.5 Å². The second-order valence-electron chi connectivity index (χ2n) is 2.88. The Morgan fingerprint density at radius 1 is 1.64 bits per heavy atom. The highest BCUT2D eigenvalue weighted by Crippen LogP contribution is 2.05. The standard InChI is InChI=1S/C8H11N3O3/c1-5-3-10-11(2)7(5)6(12)4-9-8(13)14/h3,9H,4H2,1-2H3,(H,13,14). The smallest absolute Gasteiger partial charge is 0.405 e. The van der Waals surface area contributed by atoms with E-state index in [0.717, 1.165) is 5.56 Å². The van der Waals surface area contributed by atoms with E-state index in [9.17, 15) is 9.59 Å². The van der Waals surface area contributed by atoms with E-state index in [-0.39, 0.29) is 12.3 Å². The predicted molar refractivity (Wildman–Crippen MR) is 48.3 cm³/mol. The molecule has 0 radical (unpaired) electrons. The molecule has 0 aliphatic carbocycles. The minimum atomic E-state index is -1.21. The van der Waals surface area contributed by atoms with E-state index < -0.39 is 6.09 Å². The zero-order valence-corrected chi connectivity index (χ0v) is 7.94. The van der Waals surface area contributed by atoms with Crippen molar-refractivity contribution in [3.63, 3.8) is 0 Å². The van der Waals surface area contributed by atoms with Gasteiger partial charge in [0.05, 0.1) is 12.7 Å². The van der Waals surface area contributed by atoms with Gasteiger partial charge >= 0.3 is 6.09 Å². The number of carbonyl (C=O) groups is 2. The van der Waals surface area contributed by atoms with Crippen LogP contribution in [0.5, 0.6) is 0 Å². The molecule has 0 unspecified atom stereocenters. The van der Waals surface area contributed by atoms with Crippen molar-refractivity contribution < 1.29 is 14.7 Å². The van der Waals surface area contributed by atoms with Gasteiger partial charge in [0, 0.05) is 7.05 Å². The molecule has 6 nitrogen and oxygen atoms in total. The lowest BCUT2D eigenvalue weighted by atomic mass is 10.2. The largest absolute Gasteiger partial charge is 0.465 e. The first-order valence-corrected chi connectivity index (χ1v) is 4.01. The number of rotatable bonds is 3. The zero-order chi connectivity index (χ0) is 10.7. The van der Waals surface area contributed by atoms with Crippen molar-refractivity contribution >= 4 is 11.9 Å². The molecule has 0 fully saturated rings. The number of Topliss-reactive ketones (excluding diaryl/α,β-unsaturated/α-hetero) is 1. The fourth-order valence-electron chi connectivity index (χ4n) is 1.19. The fourth-order valence-corrected chi connectivity index (χ4v) is 1.19. The number of aromatic nitrogens is 2. The van der Waals surface area contributed by atoms with Crippen LogP contribution in [-0.2, 0) is 7.05 Å². The maximum atomic E-state index is 11.5. The van der Waals surface area contributed by atoms with Crippen LogP contribution in [0.15, 0.2) is 6.20 Å². The van der Waals surface area contributed by atoms with Crippen LogP contribution in [0, 0.1) is 6.92 Å². The van der Waals surface area contributed by atoms with Crippen LogP contribution in [0.1, 0.15) is 16.1 Å². The molecule has 1 amide bonds. The highest BCUT2D eigenvalue weighted by molar-refractivity contribution is 5.98. The Labute approximate surface area is 80.5 Å². The third-order valence-electron chi connectivity index (χ3n) is 1.79. The number of ketones is 1. The molecule has 0 bridgehead atoms. The topological polar surface area (TPSA) is 84.2 Å². The van der Waals surface area contributed by atoms with Crippen LogP contribution in [0.4, 0.5) is 4.79 Å². The maximum absolute atomic E-state index is 11.5. The summed E-state index contributed by atoms with van der Waals surface area (Å²) in [5.74, 6) is -0.287. The summed E-state index contributed by atoms with van der Waals surface area (Å²) in [6.07, 6.45) is 0.353. The number of carbonyl (C=O) groups excluding carboxylic acids is 1. The molecule has 0 atom stereocenters. The number of amides is 1. The van der Waals surface area contributed by atoms with E-state index >= 15 is 0 Å². The van der Waals surface area contributed by atoms with Crippen molar-refractivity contribution in [2.45, 2.75) is 6.92 Å². The number of aryl methyl sites for hydroxylation is 2. The Kier molecular flexibility index (Phi) is 2.85. The van der Waals surface area contributed by atoms with E-state index in [2.05, 4.69) is 5.10 Å². The van der Waals surface area contributed by atoms with E-state index in [0.29, 0.717) is 5.69 Å². The molecule has 0 saturated carbocycles. The van der Waals surface area contributed by atoms with Crippen molar-refractivity contribution in [3.8, 4) is 0 Å². The van der Waals surface area contributed by atoms with Crippen LogP contribution < -0.4 is 5.32 Å². The molecular formula is C8H11N3O3. The molecule has 6 heteroatoms. The van der Waals surface area contributed by atoms with Gasteiger partial charge in [0.15, 0.2) is 5.78 Å². The average Bonchev–Trinajstić information content (AvgIpc) is 2.42. The molecule has 14 heavy (non-hydrogen) atoms. The summed E-state index contributed by atoms with van der Waals surface area (Å²) in [5.41, 5.74) is 1.17. The van der Waals surface area contributed by atoms with Gasteiger partial charge in [-0.1, -0.05) is 0 Å². The normalized spacial score (nSPS) is 9.86. The minimum Gasteiger partial charge on any atom is -0.465 e. The van der Waals surface area contributed by atoms with Gasteiger partial charge in [-0.2, -0.15) is 5.10 Å². The summed E-state index contributed by atoms with van der Waals surface area (Å²) >= 11 is 0. The Morgan fingerprint density at radius 3 is 2.71 bits per heavy atom. The van der Waals surface area contributed by atoms with Crippen molar-refractivity contribution in [1.29, 1.82) is 0 Å². The molecule has 1 heterocycles. The monoisotopic (exact) mass is 197 g/mol. The molecule has 2 N–H and O–H groups in total. The van der Waals surface area contributed by atoms with Crippen molar-refractivity contribution in [2.24, 2.45) is 7.05 Å². The molecule has 76 valence electrons. The molecule has 0 aliphatic heterocycles. The Morgan fingerprint density at radius 2 is 2.29 bits per heavy atom. The predicted octanol–water partition coefficient (Wildman–Crippen LogP) is 0.179. The summed E-state index contributed by atoms with van der Waals surface area (Å²) in [6, 6.07) is 0. The molecule has 0 aliphatic rings. The van der Waals surface area contributed by atoms with Gasteiger partial charge in [-0.3, -0.25) is 9.48 Å². The fraction of sp³-hybridized carbons (Fsp3) is 0.375. The first-order valence-electron chi connectivity index (χ1n) is 4.01. The van der Waals surface area contributed by atoms with Crippen LogP contribution in [0.2, 0.25) is 0 Å². The molecule has 0 saturated heterocycles. The highest BCUT2D eigenvalue weighted by Gasteiger charge is 2.14. The van der Waals surface area contributed by atoms with E-state index in [1.54, 1.807) is 20.2 Å². The van der Waals surface area contributed by atoms with Crippen molar-refractivity contribution in [1.82, 2.24) is 15.1 Å². The van der Waals surface area contributed by atoms with Gasteiger partial charge in [0.25, 0.3) is 0 Å². The van der Waals surface area contributed by atoms with Gasteiger partial charge in [0.1, 0.15) is 5.69 Å². The molecule has 1 aromatic heterocycles. The molecule has 1 aromatic rings. The SMILES string of the molecule is Cc1cnn(C)c1C(=O)CNC(=O)O. The second kappa shape index (κ2) is 3.91. The van der Waals surface area contributed by atoms with Gasteiger partial charge in [0.2, 0.25) is 0 Å². The number of nitrogens with zero attached hydrogens (tertiary/aromatic N) is 2. The van der Waals surface area contributed by atoms with Crippen molar-refractivity contribution in [2.75, 3.05) is 6.54 Å². The summed E-state index contributed by atoms with van der Waals surface area (Å²) in [7, 11) is 1.64. The average molecular weight is 197 g/mol. The lowest BCUT2D eigenvalue weighted by molar-refractivity contribution is 0.0977. The molecule has 1 rings (SSSR count). The quantitative estimate of drug-likeness (QED) is 0.677. The third kappa shape index (κ3) is 2.09. The summed E-state index contributed by atoms with van der Waals surface area (Å²) < 4.78 is 1.43. The Bertz CT molecular complexity index is 350. The highest BCUT2D eigenvalue weighted by atomic mass is 16.4. The molecule has 0 spiro atoms. The Hall–Kier alpha value is -1.85. The van der Waals surface area contributed by atoms with Crippen molar-refractivity contribution in [3.05, 3.63) is 17.5 Å². The second-order valence-corrected chi connectivity index (χ2v) is 2.88. The van der Waals surface area contributed by atoms with E-state index in [4.69, 9.17) is 5.11 Å². The van der Waals surface area contributed by atoms with E-state index in [1.807, 2.05) is 5.32 Å². The maximum Gasteiger partial charge on any atom is 0.405 e. The Balaban J connectivity index is 2.74. The first kappa shape index (κ1) is 10.2. The number of nitrogens with one attached hydrogen (secondary N) is 1. The van der Waals surface area contributed by atoms with Crippen LogP contribution in [-0.4, -0.2) is 33.3 Å².